The molecule has 0 amide bonds. The van der Waals surface area contributed by atoms with E-state index in [1.807, 2.05) is 55.5 Å². The van der Waals surface area contributed by atoms with Gasteiger partial charge in [0.25, 0.3) is 0 Å². The van der Waals surface area contributed by atoms with E-state index in [2.05, 4.69) is 4.98 Å². The molecule has 0 unspecified atom stereocenters. The topological polar surface area (TPSA) is 48.1 Å². The second-order valence-corrected chi connectivity index (χ2v) is 4.48. The number of nitrogens with zero attached hydrogens (tertiary/aromatic N) is 1. The van der Waals surface area contributed by atoms with Crippen LogP contribution in [0.15, 0.2) is 54.7 Å². The van der Waals surface area contributed by atoms with Gasteiger partial charge in [-0.05, 0) is 55.0 Å². The number of benzene rings is 2. The SMILES string of the molecule is Cc1cc(Oc2ccc3ncccc3c2)ccc1N. The van der Waals surface area contributed by atoms with Crippen LogP contribution in [0.2, 0.25) is 0 Å². The normalized spacial score (nSPS) is 10.6. The number of aromatic nitrogens is 1. The predicted octanol–water partition coefficient (Wildman–Crippen LogP) is 3.92. The third-order valence-corrected chi connectivity index (χ3v) is 3.05. The average Bonchev–Trinajstić information content (AvgIpc) is 2.43. The molecule has 3 aromatic rings. The van der Waals surface area contributed by atoms with Crippen molar-refractivity contribution < 1.29 is 4.74 Å². The molecule has 2 aromatic carbocycles. The highest BCUT2D eigenvalue weighted by molar-refractivity contribution is 5.79. The van der Waals surface area contributed by atoms with Crippen LogP contribution < -0.4 is 10.5 Å². The lowest BCUT2D eigenvalue weighted by Crippen LogP contribution is -1.91. The molecule has 3 nitrogen and oxygen atoms in total. The highest BCUT2D eigenvalue weighted by Crippen LogP contribution is 2.26. The van der Waals surface area contributed by atoms with Crippen molar-refractivity contribution in [2.45, 2.75) is 6.92 Å². The monoisotopic (exact) mass is 250 g/mol. The number of pyridine rings is 1. The van der Waals surface area contributed by atoms with Crippen molar-refractivity contribution in [1.29, 1.82) is 0 Å². The molecule has 1 aromatic heterocycles. The molecule has 19 heavy (non-hydrogen) atoms. The van der Waals surface area contributed by atoms with Crippen molar-refractivity contribution in [3.05, 3.63) is 60.3 Å². The second kappa shape index (κ2) is 4.61. The Morgan fingerprint density at radius 1 is 1.00 bits per heavy atom. The van der Waals surface area contributed by atoms with E-state index < -0.39 is 0 Å². The number of aryl methyl sites for hydroxylation is 1. The fraction of sp³-hybridized carbons (Fsp3) is 0.0625. The van der Waals surface area contributed by atoms with Gasteiger partial charge in [0, 0.05) is 17.3 Å². The standard InChI is InChI=1S/C16H14N2O/c1-11-9-13(4-6-15(11)17)19-14-5-7-16-12(10-14)3-2-8-18-16/h2-10H,17H2,1H3. The summed E-state index contributed by atoms with van der Waals surface area (Å²) in [4.78, 5) is 4.28. The number of ether oxygens (including phenoxy) is 1. The molecule has 0 aliphatic heterocycles. The van der Waals surface area contributed by atoms with E-state index >= 15 is 0 Å². The first kappa shape index (κ1) is 11.5. The summed E-state index contributed by atoms with van der Waals surface area (Å²) >= 11 is 0. The number of nitrogens with two attached hydrogens (primary N) is 1. The Hall–Kier alpha value is -2.55. The average molecular weight is 250 g/mol. The quantitative estimate of drug-likeness (QED) is 0.701. The molecule has 3 heteroatoms. The van der Waals surface area contributed by atoms with Gasteiger partial charge in [-0.15, -0.1) is 0 Å². The number of hydrogen-bond acceptors (Lipinski definition) is 3. The summed E-state index contributed by atoms with van der Waals surface area (Å²) in [6.45, 7) is 1.96. The maximum Gasteiger partial charge on any atom is 0.128 e. The van der Waals surface area contributed by atoms with Crippen LogP contribution >= 0.6 is 0 Å². The second-order valence-electron chi connectivity index (χ2n) is 4.48. The van der Waals surface area contributed by atoms with Gasteiger partial charge in [0.2, 0.25) is 0 Å². The maximum absolute atomic E-state index is 5.84. The third kappa shape index (κ3) is 2.36. The van der Waals surface area contributed by atoms with Gasteiger partial charge in [-0.1, -0.05) is 6.07 Å². The van der Waals surface area contributed by atoms with E-state index in [1.165, 1.54) is 0 Å². The van der Waals surface area contributed by atoms with Crippen LogP contribution in [0, 0.1) is 6.92 Å². The molecular formula is C16H14N2O. The lowest BCUT2D eigenvalue weighted by atomic mass is 10.2. The van der Waals surface area contributed by atoms with Crippen LogP contribution in [0.25, 0.3) is 10.9 Å². The fourth-order valence-corrected chi connectivity index (χ4v) is 1.96. The van der Waals surface area contributed by atoms with Crippen molar-refractivity contribution >= 4 is 16.6 Å². The lowest BCUT2D eigenvalue weighted by molar-refractivity contribution is 0.483. The minimum atomic E-state index is 0.773. The molecule has 0 bridgehead atoms. The number of fused-ring (bicyclic) bond motifs is 1. The first-order valence-corrected chi connectivity index (χ1v) is 6.11. The molecule has 0 atom stereocenters. The summed E-state index contributed by atoms with van der Waals surface area (Å²) in [6.07, 6.45) is 1.78. The summed E-state index contributed by atoms with van der Waals surface area (Å²) in [6, 6.07) is 15.4. The zero-order chi connectivity index (χ0) is 13.2. The summed E-state index contributed by atoms with van der Waals surface area (Å²) < 4.78 is 5.84. The molecule has 94 valence electrons. The van der Waals surface area contributed by atoms with Crippen molar-refractivity contribution in [1.82, 2.24) is 4.98 Å². The first-order chi connectivity index (χ1) is 9.22. The van der Waals surface area contributed by atoms with E-state index in [1.54, 1.807) is 6.20 Å². The van der Waals surface area contributed by atoms with Crippen LogP contribution in [-0.4, -0.2) is 4.98 Å². The molecular weight excluding hydrogens is 236 g/mol. The Bertz CT molecular complexity index is 738. The number of nitrogen functional groups attached to an aromatic ring is 1. The van der Waals surface area contributed by atoms with Crippen LogP contribution in [-0.2, 0) is 0 Å². The molecule has 3 rings (SSSR count). The first-order valence-electron chi connectivity index (χ1n) is 6.11. The van der Waals surface area contributed by atoms with Crippen molar-refractivity contribution in [3.63, 3.8) is 0 Å². The summed E-state index contributed by atoms with van der Waals surface area (Å²) in [5.74, 6) is 1.58. The Morgan fingerprint density at radius 2 is 1.79 bits per heavy atom. The van der Waals surface area contributed by atoms with E-state index in [0.29, 0.717) is 0 Å². The number of rotatable bonds is 2. The van der Waals surface area contributed by atoms with Crippen LogP contribution in [0.3, 0.4) is 0 Å². The molecule has 0 fully saturated rings. The minimum Gasteiger partial charge on any atom is -0.457 e. The van der Waals surface area contributed by atoms with Gasteiger partial charge in [0.15, 0.2) is 0 Å². The van der Waals surface area contributed by atoms with Crippen molar-refractivity contribution in [3.8, 4) is 11.5 Å². The molecule has 0 aliphatic carbocycles. The molecule has 0 saturated heterocycles. The highest BCUT2D eigenvalue weighted by Gasteiger charge is 2.01. The van der Waals surface area contributed by atoms with E-state index in [0.717, 1.165) is 33.7 Å². The maximum atomic E-state index is 5.84. The molecule has 2 N–H and O–H groups in total. The Morgan fingerprint density at radius 3 is 2.63 bits per heavy atom. The van der Waals surface area contributed by atoms with Gasteiger partial charge in [0.05, 0.1) is 5.52 Å². The molecule has 0 spiro atoms. The van der Waals surface area contributed by atoms with Gasteiger partial charge >= 0.3 is 0 Å². The summed E-state index contributed by atoms with van der Waals surface area (Å²) in [5, 5.41) is 1.06. The fourth-order valence-electron chi connectivity index (χ4n) is 1.96. The van der Waals surface area contributed by atoms with Crippen LogP contribution in [0.4, 0.5) is 5.69 Å². The van der Waals surface area contributed by atoms with E-state index in [4.69, 9.17) is 10.5 Å². The minimum absolute atomic E-state index is 0.773. The zero-order valence-corrected chi connectivity index (χ0v) is 10.6. The summed E-state index contributed by atoms with van der Waals surface area (Å²) in [5.41, 5.74) is 8.54. The van der Waals surface area contributed by atoms with Gasteiger partial charge in [-0.25, -0.2) is 0 Å². The van der Waals surface area contributed by atoms with Crippen LogP contribution in [0.5, 0.6) is 11.5 Å². The van der Waals surface area contributed by atoms with E-state index in [9.17, 15) is 0 Å². The lowest BCUT2D eigenvalue weighted by Gasteiger charge is -2.08. The number of hydrogen-bond donors (Lipinski definition) is 1. The van der Waals surface area contributed by atoms with Gasteiger partial charge in [-0.3, -0.25) is 4.98 Å². The Balaban J connectivity index is 1.94. The Labute approximate surface area is 111 Å². The molecule has 0 saturated carbocycles. The van der Waals surface area contributed by atoms with Gasteiger partial charge < -0.3 is 10.5 Å². The smallest absolute Gasteiger partial charge is 0.128 e. The Kier molecular flexibility index (Phi) is 2.80. The number of anilines is 1. The highest BCUT2D eigenvalue weighted by atomic mass is 16.5. The largest absolute Gasteiger partial charge is 0.457 e. The third-order valence-electron chi connectivity index (χ3n) is 3.05. The van der Waals surface area contributed by atoms with Crippen LogP contribution in [0.1, 0.15) is 5.56 Å². The summed E-state index contributed by atoms with van der Waals surface area (Å²) in [7, 11) is 0. The predicted molar refractivity (Wildman–Crippen MR) is 77.4 cm³/mol. The molecule has 1 heterocycles. The van der Waals surface area contributed by atoms with Crippen molar-refractivity contribution in [2.75, 3.05) is 5.73 Å². The van der Waals surface area contributed by atoms with E-state index in [-0.39, 0.29) is 0 Å². The molecule has 0 radical (unpaired) electrons. The zero-order valence-electron chi connectivity index (χ0n) is 10.6. The van der Waals surface area contributed by atoms with Crippen molar-refractivity contribution in [2.24, 2.45) is 0 Å². The van der Waals surface area contributed by atoms with Gasteiger partial charge in [0.1, 0.15) is 11.5 Å². The van der Waals surface area contributed by atoms with Gasteiger partial charge in [-0.2, -0.15) is 0 Å². The molecule has 0 aliphatic rings.